The fraction of sp³-hybridized carbons (Fsp3) is 0.200. The summed E-state index contributed by atoms with van der Waals surface area (Å²) in [6.45, 7) is 1.83. The Kier molecular flexibility index (Phi) is 2.46. The highest BCUT2D eigenvalue weighted by Gasteiger charge is 2.01. The summed E-state index contributed by atoms with van der Waals surface area (Å²) >= 11 is 0. The fourth-order valence-corrected chi connectivity index (χ4v) is 0.921. The third kappa shape index (κ3) is 1.62. The van der Waals surface area contributed by atoms with E-state index in [1.807, 2.05) is 25.1 Å². The molecule has 0 fully saturated rings. The number of benzene rings is 1. The minimum atomic E-state index is -0.0993. The second-order valence-electron chi connectivity index (χ2n) is 2.58. The molecule has 0 bridgehead atoms. The minimum Gasteiger partial charge on any atom is -0.198 e. The van der Waals surface area contributed by atoms with Gasteiger partial charge in [-0.2, -0.15) is 10.5 Å². The summed E-state index contributed by atoms with van der Waals surface area (Å²) in [5.74, 6) is -0.0993. The van der Waals surface area contributed by atoms with Gasteiger partial charge in [0, 0.05) is 0 Å². The summed E-state index contributed by atoms with van der Waals surface area (Å²) in [6, 6.07) is 11.2. The number of nitrogens with zero attached hydrogens (tertiary/aromatic N) is 2. The smallest absolute Gasteiger partial charge is 0.0991 e. The molecule has 0 aromatic heterocycles. The van der Waals surface area contributed by atoms with E-state index in [1.54, 1.807) is 12.1 Å². The van der Waals surface area contributed by atoms with Crippen molar-refractivity contribution in [1.82, 2.24) is 0 Å². The first kappa shape index (κ1) is 8.30. The molecule has 1 aromatic carbocycles. The standard InChI is InChI=1S/C10H8N2/c1-8(6-11)10-4-2-9(7-12)3-5-10/h2-5,8H,1H3/t8-/m1/s1. The van der Waals surface area contributed by atoms with Crippen LogP contribution in [-0.2, 0) is 0 Å². The van der Waals surface area contributed by atoms with Gasteiger partial charge in [-0.05, 0) is 24.6 Å². The second kappa shape index (κ2) is 3.55. The molecule has 0 amide bonds. The van der Waals surface area contributed by atoms with Crippen molar-refractivity contribution in [2.75, 3.05) is 0 Å². The van der Waals surface area contributed by atoms with E-state index in [4.69, 9.17) is 10.5 Å². The molecule has 0 spiro atoms. The molecule has 0 aliphatic carbocycles. The Hall–Kier alpha value is -1.80. The van der Waals surface area contributed by atoms with E-state index in [-0.39, 0.29) is 5.92 Å². The van der Waals surface area contributed by atoms with E-state index in [0.717, 1.165) is 5.56 Å². The summed E-state index contributed by atoms with van der Waals surface area (Å²) in [5, 5.41) is 17.1. The van der Waals surface area contributed by atoms with Crippen molar-refractivity contribution in [3.63, 3.8) is 0 Å². The Balaban J connectivity index is 2.96. The lowest BCUT2D eigenvalue weighted by molar-refractivity contribution is 0.981. The van der Waals surface area contributed by atoms with Gasteiger partial charge in [0.05, 0.1) is 23.6 Å². The van der Waals surface area contributed by atoms with Gasteiger partial charge < -0.3 is 0 Å². The number of hydrogen-bond acceptors (Lipinski definition) is 2. The zero-order chi connectivity index (χ0) is 8.97. The van der Waals surface area contributed by atoms with Crippen LogP contribution in [0.4, 0.5) is 0 Å². The number of rotatable bonds is 1. The average molecular weight is 156 g/mol. The first-order valence-corrected chi connectivity index (χ1v) is 3.67. The van der Waals surface area contributed by atoms with Crippen LogP contribution in [0, 0.1) is 22.7 Å². The average Bonchev–Trinajstić information content (AvgIpc) is 2.17. The first-order chi connectivity index (χ1) is 5.77. The topological polar surface area (TPSA) is 47.6 Å². The van der Waals surface area contributed by atoms with E-state index >= 15 is 0 Å². The van der Waals surface area contributed by atoms with Crippen molar-refractivity contribution in [3.8, 4) is 12.1 Å². The molecule has 2 nitrogen and oxygen atoms in total. The summed E-state index contributed by atoms with van der Waals surface area (Å²) in [4.78, 5) is 0. The molecule has 0 aliphatic rings. The van der Waals surface area contributed by atoms with Gasteiger partial charge >= 0.3 is 0 Å². The molecule has 0 aliphatic heterocycles. The summed E-state index contributed by atoms with van der Waals surface area (Å²) in [7, 11) is 0. The Morgan fingerprint density at radius 3 is 2.17 bits per heavy atom. The van der Waals surface area contributed by atoms with Crippen molar-refractivity contribution in [2.45, 2.75) is 12.8 Å². The van der Waals surface area contributed by atoms with Crippen LogP contribution in [0.25, 0.3) is 0 Å². The summed E-state index contributed by atoms with van der Waals surface area (Å²) < 4.78 is 0. The van der Waals surface area contributed by atoms with Gasteiger partial charge in [-0.1, -0.05) is 12.1 Å². The molecule has 0 radical (unpaired) electrons. The molecule has 2 heteroatoms. The van der Waals surface area contributed by atoms with Crippen molar-refractivity contribution in [2.24, 2.45) is 0 Å². The molecule has 0 saturated carbocycles. The SMILES string of the molecule is C[C@H](C#N)c1ccc(C#N)cc1. The Morgan fingerprint density at radius 1 is 1.17 bits per heavy atom. The van der Waals surface area contributed by atoms with Crippen LogP contribution < -0.4 is 0 Å². The highest BCUT2D eigenvalue weighted by Crippen LogP contribution is 2.13. The molecule has 0 unspecified atom stereocenters. The van der Waals surface area contributed by atoms with Gasteiger partial charge in [-0.15, -0.1) is 0 Å². The van der Waals surface area contributed by atoms with Gasteiger partial charge in [0.1, 0.15) is 0 Å². The number of hydrogen-bond donors (Lipinski definition) is 0. The quantitative estimate of drug-likeness (QED) is 0.625. The van der Waals surface area contributed by atoms with Crippen molar-refractivity contribution in [1.29, 1.82) is 10.5 Å². The maximum atomic E-state index is 8.60. The molecular weight excluding hydrogens is 148 g/mol. The second-order valence-corrected chi connectivity index (χ2v) is 2.58. The maximum absolute atomic E-state index is 8.60. The zero-order valence-corrected chi connectivity index (χ0v) is 6.78. The third-order valence-electron chi connectivity index (χ3n) is 1.73. The predicted octanol–water partition coefficient (Wildman–Crippen LogP) is 2.19. The Morgan fingerprint density at radius 2 is 1.75 bits per heavy atom. The van der Waals surface area contributed by atoms with Crippen LogP contribution in [0.15, 0.2) is 24.3 Å². The van der Waals surface area contributed by atoms with Gasteiger partial charge in [0.25, 0.3) is 0 Å². The maximum Gasteiger partial charge on any atom is 0.0991 e. The lowest BCUT2D eigenvalue weighted by Crippen LogP contribution is -1.88. The Bertz CT molecular complexity index is 338. The van der Waals surface area contributed by atoms with E-state index in [1.165, 1.54) is 0 Å². The van der Waals surface area contributed by atoms with Crippen molar-refractivity contribution < 1.29 is 0 Å². The molecular formula is C10H8N2. The van der Waals surface area contributed by atoms with Gasteiger partial charge in [-0.25, -0.2) is 0 Å². The van der Waals surface area contributed by atoms with E-state index in [2.05, 4.69) is 6.07 Å². The van der Waals surface area contributed by atoms with Gasteiger partial charge in [0.15, 0.2) is 0 Å². The van der Waals surface area contributed by atoms with Crippen molar-refractivity contribution >= 4 is 0 Å². The molecule has 0 saturated heterocycles. The molecule has 0 N–H and O–H groups in total. The largest absolute Gasteiger partial charge is 0.198 e. The van der Waals surface area contributed by atoms with Crippen LogP contribution in [0.1, 0.15) is 24.0 Å². The predicted molar refractivity (Wildman–Crippen MR) is 45.2 cm³/mol. The van der Waals surface area contributed by atoms with E-state index in [9.17, 15) is 0 Å². The molecule has 12 heavy (non-hydrogen) atoms. The zero-order valence-electron chi connectivity index (χ0n) is 6.78. The molecule has 1 aromatic rings. The van der Waals surface area contributed by atoms with Crippen LogP contribution in [0.3, 0.4) is 0 Å². The molecule has 1 atom stereocenters. The lowest BCUT2D eigenvalue weighted by Gasteiger charge is -2.00. The Labute approximate surface area is 71.7 Å². The van der Waals surface area contributed by atoms with E-state index in [0.29, 0.717) is 5.56 Å². The normalized spacial score (nSPS) is 11.2. The van der Waals surface area contributed by atoms with Gasteiger partial charge in [0.2, 0.25) is 0 Å². The first-order valence-electron chi connectivity index (χ1n) is 3.67. The summed E-state index contributed by atoms with van der Waals surface area (Å²) in [5.41, 5.74) is 1.58. The molecule has 58 valence electrons. The monoisotopic (exact) mass is 156 g/mol. The van der Waals surface area contributed by atoms with Crippen LogP contribution in [-0.4, -0.2) is 0 Å². The van der Waals surface area contributed by atoms with Crippen molar-refractivity contribution in [3.05, 3.63) is 35.4 Å². The van der Waals surface area contributed by atoms with Crippen LogP contribution in [0.2, 0.25) is 0 Å². The summed E-state index contributed by atoms with van der Waals surface area (Å²) in [6.07, 6.45) is 0. The highest BCUT2D eigenvalue weighted by molar-refractivity contribution is 5.34. The highest BCUT2D eigenvalue weighted by atomic mass is 14.3. The third-order valence-corrected chi connectivity index (χ3v) is 1.73. The molecule has 0 heterocycles. The fourth-order valence-electron chi connectivity index (χ4n) is 0.921. The minimum absolute atomic E-state index is 0.0993. The lowest BCUT2D eigenvalue weighted by atomic mass is 10.0. The van der Waals surface area contributed by atoms with E-state index < -0.39 is 0 Å². The number of nitriles is 2. The van der Waals surface area contributed by atoms with Gasteiger partial charge in [-0.3, -0.25) is 0 Å². The molecule has 1 rings (SSSR count). The van der Waals surface area contributed by atoms with Crippen LogP contribution >= 0.6 is 0 Å². The van der Waals surface area contributed by atoms with Crippen LogP contribution in [0.5, 0.6) is 0 Å².